The molecule has 0 saturated carbocycles. The largest absolute Gasteiger partial charge is 0.445 e. The Hall–Kier alpha value is -1.07. The summed E-state index contributed by atoms with van der Waals surface area (Å²) in [5, 5.41) is 0. The molecule has 0 aliphatic carbocycles. The Morgan fingerprint density at radius 1 is 1.35 bits per heavy atom. The lowest BCUT2D eigenvalue weighted by molar-refractivity contribution is -0.0540. The Kier molecular flexibility index (Phi) is 3.98. The van der Waals surface area contributed by atoms with Gasteiger partial charge in [0.1, 0.15) is 6.10 Å². The topological polar surface area (TPSA) is 38.8 Å². The van der Waals surface area contributed by atoms with Gasteiger partial charge in [0, 0.05) is 0 Å². The highest BCUT2D eigenvalue weighted by atomic mass is 79.9. The number of hydrogen-bond acceptors (Lipinski definition) is 3. The normalized spacial score (nSPS) is 32.9. The van der Waals surface area contributed by atoms with E-state index in [0.29, 0.717) is 6.61 Å². The second-order valence-corrected chi connectivity index (χ2v) is 6.27. The highest BCUT2D eigenvalue weighted by Crippen LogP contribution is 2.39. The van der Waals surface area contributed by atoms with Gasteiger partial charge in [-0.25, -0.2) is 4.79 Å². The van der Waals surface area contributed by atoms with E-state index in [4.69, 9.17) is 9.47 Å². The molecule has 2 aliphatic rings. The van der Waals surface area contributed by atoms with Gasteiger partial charge in [0.15, 0.2) is 6.23 Å². The first kappa shape index (κ1) is 13.9. The fourth-order valence-corrected chi connectivity index (χ4v) is 3.66. The summed E-state index contributed by atoms with van der Waals surface area (Å²) in [6, 6.07) is 9.90. The minimum absolute atomic E-state index is 0.0221. The molecule has 1 aromatic carbocycles. The summed E-state index contributed by atoms with van der Waals surface area (Å²) in [5.41, 5.74) is 1.08. The maximum absolute atomic E-state index is 12.3. The van der Waals surface area contributed by atoms with Crippen LogP contribution in [0.25, 0.3) is 0 Å². The first-order chi connectivity index (χ1) is 9.72. The van der Waals surface area contributed by atoms with Crippen molar-refractivity contribution in [3.63, 3.8) is 0 Å². The molecule has 0 radical (unpaired) electrons. The molecule has 2 heterocycles. The van der Waals surface area contributed by atoms with Crippen molar-refractivity contribution in [2.45, 2.75) is 43.0 Å². The smallest absolute Gasteiger partial charge is 0.412 e. The van der Waals surface area contributed by atoms with Crippen LogP contribution < -0.4 is 0 Å². The molecule has 2 fully saturated rings. The summed E-state index contributed by atoms with van der Waals surface area (Å²) in [5.74, 6) is 0. The minimum Gasteiger partial charge on any atom is -0.445 e. The minimum atomic E-state index is -0.268. The lowest BCUT2D eigenvalue weighted by Gasteiger charge is -2.39. The SMILES string of the molecule is CCC[C@@H]1OC(=O)N2[C@H](OC[C@H]2c2ccccc2)[C@H]1Br. The summed E-state index contributed by atoms with van der Waals surface area (Å²) in [7, 11) is 0. The average molecular weight is 340 g/mol. The number of nitrogens with zero attached hydrogens (tertiary/aromatic N) is 1. The Morgan fingerprint density at radius 2 is 2.10 bits per heavy atom. The Morgan fingerprint density at radius 3 is 2.80 bits per heavy atom. The number of carbonyl (C=O) groups is 1. The maximum Gasteiger partial charge on any atom is 0.412 e. The third kappa shape index (κ3) is 2.33. The van der Waals surface area contributed by atoms with Crippen LogP contribution >= 0.6 is 15.9 Å². The molecular formula is C15H18BrNO3. The molecule has 5 heteroatoms. The predicted molar refractivity (Wildman–Crippen MR) is 78.7 cm³/mol. The van der Waals surface area contributed by atoms with Gasteiger partial charge in [0.25, 0.3) is 0 Å². The summed E-state index contributed by atoms with van der Waals surface area (Å²) in [6.45, 7) is 2.60. The highest BCUT2D eigenvalue weighted by molar-refractivity contribution is 9.09. The van der Waals surface area contributed by atoms with Gasteiger partial charge in [0.05, 0.1) is 17.5 Å². The van der Waals surface area contributed by atoms with E-state index in [9.17, 15) is 4.79 Å². The number of rotatable bonds is 3. The van der Waals surface area contributed by atoms with Crippen molar-refractivity contribution >= 4 is 22.0 Å². The zero-order valence-electron chi connectivity index (χ0n) is 11.4. The zero-order valence-corrected chi connectivity index (χ0v) is 13.0. The van der Waals surface area contributed by atoms with Gasteiger partial charge >= 0.3 is 6.09 Å². The van der Waals surface area contributed by atoms with Crippen LogP contribution in [0.2, 0.25) is 0 Å². The second-order valence-electron chi connectivity index (χ2n) is 5.21. The molecule has 108 valence electrons. The molecule has 4 nitrogen and oxygen atoms in total. The molecule has 20 heavy (non-hydrogen) atoms. The van der Waals surface area contributed by atoms with Crippen LogP contribution in [-0.4, -0.2) is 34.8 Å². The molecule has 0 N–H and O–H groups in total. The molecule has 2 saturated heterocycles. The molecule has 4 atom stereocenters. The number of cyclic esters (lactones) is 1. The number of ether oxygens (including phenoxy) is 2. The fourth-order valence-electron chi connectivity index (χ4n) is 2.88. The van der Waals surface area contributed by atoms with E-state index in [1.807, 2.05) is 30.3 Å². The van der Waals surface area contributed by atoms with Crippen LogP contribution in [0.5, 0.6) is 0 Å². The van der Waals surface area contributed by atoms with Crippen LogP contribution in [0.1, 0.15) is 31.4 Å². The lowest BCUT2D eigenvalue weighted by Crippen LogP contribution is -2.54. The van der Waals surface area contributed by atoms with Crippen LogP contribution in [0.15, 0.2) is 30.3 Å². The number of amides is 1. The van der Waals surface area contributed by atoms with Gasteiger partial charge < -0.3 is 9.47 Å². The van der Waals surface area contributed by atoms with E-state index >= 15 is 0 Å². The van der Waals surface area contributed by atoms with Crippen molar-refractivity contribution in [3.8, 4) is 0 Å². The molecule has 3 rings (SSSR count). The summed E-state index contributed by atoms with van der Waals surface area (Å²) in [4.78, 5) is 14.0. The van der Waals surface area contributed by atoms with Crippen LogP contribution in [0.3, 0.4) is 0 Å². The van der Waals surface area contributed by atoms with Gasteiger partial charge in [-0.05, 0) is 12.0 Å². The number of hydrogen-bond donors (Lipinski definition) is 0. The monoisotopic (exact) mass is 339 g/mol. The molecular weight excluding hydrogens is 322 g/mol. The first-order valence-electron chi connectivity index (χ1n) is 7.02. The van der Waals surface area contributed by atoms with Gasteiger partial charge in [-0.1, -0.05) is 59.6 Å². The molecule has 1 amide bonds. The summed E-state index contributed by atoms with van der Waals surface area (Å²) in [6.07, 6.45) is 1.22. The Labute approximate surface area is 127 Å². The van der Waals surface area contributed by atoms with Crippen molar-refractivity contribution in [1.29, 1.82) is 0 Å². The molecule has 0 unspecified atom stereocenters. The Bertz CT molecular complexity index is 481. The van der Waals surface area contributed by atoms with E-state index in [0.717, 1.165) is 18.4 Å². The number of fused-ring (bicyclic) bond motifs is 1. The van der Waals surface area contributed by atoms with Gasteiger partial charge in [-0.3, -0.25) is 4.90 Å². The van der Waals surface area contributed by atoms with Crippen molar-refractivity contribution in [2.75, 3.05) is 6.61 Å². The number of carbonyl (C=O) groups excluding carboxylic acids is 1. The molecule has 0 bridgehead atoms. The van der Waals surface area contributed by atoms with Crippen LogP contribution in [0, 0.1) is 0 Å². The predicted octanol–water partition coefficient (Wildman–Crippen LogP) is 3.47. The molecule has 0 spiro atoms. The lowest BCUT2D eigenvalue weighted by atomic mass is 10.0. The Balaban J connectivity index is 1.83. The number of benzene rings is 1. The van der Waals surface area contributed by atoms with E-state index in [-0.39, 0.29) is 29.3 Å². The summed E-state index contributed by atoms with van der Waals surface area (Å²) < 4.78 is 11.4. The standard InChI is InChI=1S/C15H18BrNO3/c1-2-6-12-13(16)14-17(15(18)20-12)11(9-19-14)10-7-4-3-5-8-10/h3-5,7-8,11-14H,2,6,9H2,1H3/t11-,12-,13-,14+/m0/s1. The average Bonchev–Trinajstić information content (AvgIpc) is 2.91. The first-order valence-corrected chi connectivity index (χ1v) is 7.93. The number of halogens is 1. The fraction of sp³-hybridized carbons (Fsp3) is 0.533. The van der Waals surface area contributed by atoms with Crippen LogP contribution in [0.4, 0.5) is 4.79 Å². The van der Waals surface area contributed by atoms with E-state index in [1.54, 1.807) is 4.90 Å². The molecule has 1 aromatic rings. The van der Waals surface area contributed by atoms with Gasteiger partial charge in [0.2, 0.25) is 0 Å². The van der Waals surface area contributed by atoms with Crippen molar-refractivity contribution in [1.82, 2.24) is 4.90 Å². The number of alkyl halides is 1. The van der Waals surface area contributed by atoms with E-state index in [1.165, 1.54) is 0 Å². The van der Waals surface area contributed by atoms with Crippen molar-refractivity contribution in [2.24, 2.45) is 0 Å². The van der Waals surface area contributed by atoms with Gasteiger partial charge in [-0.2, -0.15) is 0 Å². The molecule has 2 aliphatic heterocycles. The quantitative estimate of drug-likeness (QED) is 0.791. The van der Waals surface area contributed by atoms with E-state index in [2.05, 4.69) is 22.9 Å². The third-order valence-electron chi connectivity index (χ3n) is 3.88. The van der Waals surface area contributed by atoms with E-state index < -0.39 is 0 Å². The van der Waals surface area contributed by atoms with Gasteiger partial charge in [-0.15, -0.1) is 0 Å². The van der Waals surface area contributed by atoms with Crippen molar-refractivity contribution < 1.29 is 14.3 Å². The highest BCUT2D eigenvalue weighted by Gasteiger charge is 2.50. The molecule has 0 aromatic heterocycles. The zero-order chi connectivity index (χ0) is 14.1. The summed E-state index contributed by atoms with van der Waals surface area (Å²) >= 11 is 3.65. The van der Waals surface area contributed by atoms with Crippen LogP contribution in [-0.2, 0) is 9.47 Å². The third-order valence-corrected chi connectivity index (χ3v) is 4.92. The second kappa shape index (κ2) is 5.74. The van der Waals surface area contributed by atoms with Crippen molar-refractivity contribution in [3.05, 3.63) is 35.9 Å². The maximum atomic E-state index is 12.3.